The second kappa shape index (κ2) is 7.51. The van der Waals surface area contributed by atoms with Crippen LogP contribution in [0.5, 0.6) is 5.75 Å². The topological polar surface area (TPSA) is 21.3 Å². The average molecular weight is 260 g/mol. The van der Waals surface area contributed by atoms with Crippen LogP contribution in [0, 0.1) is 5.82 Å². The molecule has 1 aromatic carbocycles. The first-order valence-electron chi connectivity index (χ1n) is 5.81. The van der Waals surface area contributed by atoms with Gasteiger partial charge in [0.15, 0.2) is 11.6 Å². The zero-order chi connectivity index (χ0) is 12.7. The van der Waals surface area contributed by atoms with Crippen LogP contribution in [0.3, 0.4) is 0 Å². The van der Waals surface area contributed by atoms with Crippen molar-refractivity contribution >= 4 is 11.6 Å². The lowest BCUT2D eigenvalue weighted by Crippen LogP contribution is -2.16. The molecular formula is C13H19ClFNO. The monoisotopic (exact) mass is 259 g/mol. The summed E-state index contributed by atoms with van der Waals surface area (Å²) in [6, 6.07) is 5.17. The van der Waals surface area contributed by atoms with E-state index in [0.29, 0.717) is 17.9 Å². The fraction of sp³-hybridized carbons (Fsp3) is 0.538. The third-order valence-electron chi connectivity index (χ3n) is 2.53. The smallest absolute Gasteiger partial charge is 0.169 e. The molecule has 17 heavy (non-hydrogen) atoms. The molecule has 0 saturated heterocycles. The number of hydrogen-bond acceptors (Lipinski definition) is 2. The third-order valence-corrected chi connectivity index (χ3v) is 2.75. The van der Waals surface area contributed by atoms with Gasteiger partial charge >= 0.3 is 0 Å². The van der Waals surface area contributed by atoms with Gasteiger partial charge in [0, 0.05) is 17.5 Å². The molecule has 0 bridgehead atoms. The van der Waals surface area contributed by atoms with Crippen molar-refractivity contribution in [1.82, 2.24) is 5.32 Å². The number of halogens is 2. The molecule has 1 unspecified atom stereocenters. The van der Waals surface area contributed by atoms with Gasteiger partial charge in [-0.05, 0) is 32.4 Å². The quantitative estimate of drug-likeness (QED) is 0.599. The molecule has 1 atom stereocenters. The van der Waals surface area contributed by atoms with E-state index in [1.165, 1.54) is 7.11 Å². The first-order chi connectivity index (χ1) is 8.15. The highest BCUT2D eigenvalue weighted by Gasteiger charge is 2.07. The average Bonchev–Trinajstić information content (AvgIpc) is 2.30. The van der Waals surface area contributed by atoms with Gasteiger partial charge in [0.1, 0.15) is 0 Å². The molecule has 1 aromatic rings. The van der Waals surface area contributed by atoms with Gasteiger partial charge in [0.05, 0.1) is 7.11 Å². The fourth-order valence-electron chi connectivity index (χ4n) is 1.58. The zero-order valence-electron chi connectivity index (χ0n) is 10.3. The van der Waals surface area contributed by atoms with Gasteiger partial charge in [-0.2, -0.15) is 0 Å². The summed E-state index contributed by atoms with van der Waals surface area (Å²) in [4.78, 5) is 0. The van der Waals surface area contributed by atoms with Crippen LogP contribution in [0.2, 0.25) is 0 Å². The molecule has 1 rings (SSSR count). The molecule has 0 radical (unpaired) electrons. The molecule has 1 N–H and O–H groups in total. The minimum absolute atomic E-state index is 0.199. The van der Waals surface area contributed by atoms with Crippen molar-refractivity contribution in [3.05, 3.63) is 29.6 Å². The van der Waals surface area contributed by atoms with E-state index in [0.717, 1.165) is 19.4 Å². The molecule has 0 heterocycles. The largest absolute Gasteiger partial charge is 0.494 e. The highest BCUT2D eigenvalue weighted by atomic mass is 35.5. The number of hydrogen-bond donors (Lipinski definition) is 1. The maximum atomic E-state index is 13.7. The van der Waals surface area contributed by atoms with E-state index in [2.05, 4.69) is 5.32 Å². The third kappa shape index (κ3) is 4.92. The van der Waals surface area contributed by atoms with Gasteiger partial charge in [0.2, 0.25) is 0 Å². The Morgan fingerprint density at radius 3 is 2.88 bits per heavy atom. The van der Waals surface area contributed by atoms with E-state index in [4.69, 9.17) is 16.3 Å². The Morgan fingerprint density at radius 1 is 1.47 bits per heavy atom. The Kier molecular flexibility index (Phi) is 6.30. The van der Waals surface area contributed by atoms with Crippen molar-refractivity contribution < 1.29 is 9.13 Å². The molecule has 0 fully saturated rings. The molecule has 0 saturated carbocycles. The molecule has 0 aliphatic carbocycles. The van der Waals surface area contributed by atoms with Gasteiger partial charge in [-0.15, -0.1) is 11.6 Å². The second-order valence-electron chi connectivity index (χ2n) is 4.03. The Labute approximate surface area is 107 Å². The van der Waals surface area contributed by atoms with Crippen LogP contribution >= 0.6 is 11.6 Å². The normalized spacial score (nSPS) is 12.5. The van der Waals surface area contributed by atoms with Gasteiger partial charge in [-0.25, -0.2) is 4.39 Å². The second-order valence-corrected chi connectivity index (χ2v) is 4.78. The van der Waals surface area contributed by atoms with E-state index < -0.39 is 0 Å². The van der Waals surface area contributed by atoms with Gasteiger partial charge in [-0.3, -0.25) is 0 Å². The van der Waals surface area contributed by atoms with Crippen molar-refractivity contribution in [1.29, 1.82) is 0 Å². The highest BCUT2D eigenvalue weighted by molar-refractivity contribution is 6.20. The minimum atomic E-state index is -0.284. The predicted octanol–water partition coefficient (Wildman–Crippen LogP) is 3.33. The fourth-order valence-corrected chi connectivity index (χ4v) is 1.74. The lowest BCUT2D eigenvalue weighted by molar-refractivity contribution is 0.383. The van der Waals surface area contributed by atoms with Crippen LogP contribution in [-0.2, 0) is 6.54 Å². The van der Waals surface area contributed by atoms with Crippen molar-refractivity contribution in [2.75, 3.05) is 13.7 Å². The van der Waals surface area contributed by atoms with Crippen LogP contribution < -0.4 is 10.1 Å². The molecule has 0 aliphatic heterocycles. The number of alkyl halides is 1. The van der Waals surface area contributed by atoms with E-state index in [9.17, 15) is 4.39 Å². The summed E-state index contributed by atoms with van der Waals surface area (Å²) in [5, 5.41) is 3.39. The highest BCUT2D eigenvalue weighted by Crippen LogP contribution is 2.19. The Morgan fingerprint density at radius 2 is 2.24 bits per heavy atom. The number of ether oxygens (including phenoxy) is 1. The molecular weight excluding hydrogens is 241 g/mol. The van der Waals surface area contributed by atoms with Crippen LogP contribution in [-0.4, -0.2) is 19.0 Å². The number of benzene rings is 1. The van der Waals surface area contributed by atoms with E-state index in [1.54, 1.807) is 18.2 Å². The number of rotatable bonds is 7. The summed E-state index contributed by atoms with van der Waals surface area (Å²) >= 11 is 5.83. The van der Waals surface area contributed by atoms with Crippen LogP contribution in [0.25, 0.3) is 0 Å². The van der Waals surface area contributed by atoms with E-state index in [1.807, 2.05) is 6.92 Å². The maximum absolute atomic E-state index is 13.7. The van der Waals surface area contributed by atoms with Gasteiger partial charge < -0.3 is 10.1 Å². The Balaban J connectivity index is 2.36. The number of nitrogens with one attached hydrogen (secondary N) is 1. The predicted molar refractivity (Wildman–Crippen MR) is 69.2 cm³/mol. The van der Waals surface area contributed by atoms with Gasteiger partial charge in [0.25, 0.3) is 0 Å². The summed E-state index contributed by atoms with van der Waals surface area (Å²) in [6.07, 6.45) is 1.96. The first-order valence-corrected chi connectivity index (χ1v) is 6.25. The summed E-state index contributed by atoms with van der Waals surface area (Å²) < 4.78 is 18.6. The number of methoxy groups -OCH3 is 1. The van der Waals surface area contributed by atoms with Crippen LogP contribution in [0.1, 0.15) is 25.3 Å². The molecule has 0 aliphatic rings. The van der Waals surface area contributed by atoms with Crippen LogP contribution in [0.4, 0.5) is 4.39 Å². The lowest BCUT2D eigenvalue weighted by atomic mass is 10.2. The summed E-state index contributed by atoms with van der Waals surface area (Å²) in [6.45, 7) is 3.33. The maximum Gasteiger partial charge on any atom is 0.169 e. The summed E-state index contributed by atoms with van der Waals surface area (Å²) in [7, 11) is 1.47. The zero-order valence-corrected chi connectivity index (χ0v) is 11.1. The Bertz CT molecular complexity index is 344. The lowest BCUT2D eigenvalue weighted by Gasteiger charge is -2.09. The standard InChI is InChI=1S/C13H19ClFNO/c1-10(14)5-4-8-16-9-11-6-3-7-12(17-2)13(11)15/h3,6-7,10,16H,4-5,8-9H2,1-2H3. The van der Waals surface area contributed by atoms with Crippen LogP contribution in [0.15, 0.2) is 18.2 Å². The minimum Gasteiger partial charge on any atom is -0.494 e. The molecule has 0 aromatic heterocycles. The summed E-state index contributed by atoms with van der Waals surface area (Å²) in [5.74, 6) is 0.00638. The molecule has 0 amide bonds. The van der Waals surface area contributed by atoms with Crippen molar-refractivity contribution in [3.8, 4) is 5.75 Å². The van der Waals surface area contributed by atoms with Crippen molar-refractivity contribution in [3.63, 3.8) is 0 Å². The van der Waals surface area contributed by atoms with Gasteiger partial charge in [-0.1, -0.05) is 12.1 Å². The molecule has 96 valence electrons. The van der Waals surface area contributed by atoms with E-state index >= 15 is 0 Å². The van der Waals surface area contributed by atoms with E-state index in [-0.39, 0.29) is 11.2 Å². The molecule has 0 spiro atoms. The summed E-state index contributed by atoms with van der Waals surface area (Å²) in [5.41, 5.74) is 0.628. The molecule has 4 heteroatoms. The van der Waals surface area contributed by atoms with Crippen molar-refractivity contribution in [2.24, 2.45) is 0 Å². The van der Waals surface area contributed by atoms with Crippen molar-refractivity contribution in [2.45, 2.75) is 31.7 Å². The Hall–Kier alpha value is -0.800. The SMILES string of the molecule is COc1cccc(CNCCCC(C)Cl)c1F. The molecule has 2 nitrogen and oxygen atoms in total. The first kappa shape index (κ1) is 14.3.